The number of methoxy groups -OCH3 is 1. The van der Waals surface area contributed by atoms with Crippen LogP contribution in [0.4, 0.5) is 23.7 Å². The predicted octanol–water partition coefficient (Wildman–Crippen LogP) is 7.23. The SMILES string of the molecule is COCCCOc1cc2c(cc1NC(=O)C[C@@H](C[C@H](NC(=O)OC(C)(C)C)[C@@H](O)C[C@H](C(=O)NCc1cc(F)c(F)cc1F)C(C)C)C(C)C)CCC2. The lowest BCUT2D eigenvalue weighted by atomic mass is 9.81. The quantitative estimate of drug-likeness (QED) is 0.0880. The Morgan fingerprint density at radius 2 is 1.55 bits per heavy atom. The van der Waals surface area contributed by atoms with Crippen LogP contribution >= 0.6 is 0 Å². The van der Waals surface area contributed by atoms with E-state index in [1.165, 1.54) is 11.1 Å². The van der Waals surface area contributed by atoms with Crippen LogP contribution in [0.5, 0.6) is 5.75 Å². The highest BCUT2D eigenvalue weighted by Gasteiger charge is 2.34. The summed E-state index contributed by atoms with van der Waals surface area (Å²) in [5.41, 5.74) is 1.92. The molecule has 4 N–H and O–H groups in total. The highest BCUT2D eigenvalue weighted by Crippen LogP contribution is 2.35. The van der Waals surface area contributed by atoms with E-state index in [9.17, 15) is 32.7 Å². The fraction of sp³-hybridized carbons (Fsp3) is 0.625. The molecule has 4 atom stereocenters. The molecule has 10 nitrogen and oxygen atoms in total. The van der Waals surface area contributed by atoms with Crippen LogP contribution in [0.2, 0.25) is 0 Å². The van der Waals surface area contributed by atoms with Crippen molar-refractivity contribution in [2.24, 2.45) is 23.7 Å². The molecule has 0 saturated heterocycles. The molecule has 0 unspecified atom stereocenters. The second kappa shape index (κ2) is 20.0. The molecule has 0 aromatic heterocycles. The molecule has 0 fully saturated rings. The Hall–Kier alpha value is -3.84. The van der Waals surface area contributed by atoms with Crippen LogP contribution in [0.25, 0.3) is 0 Å². The van der Waals surface area contributed by atoms with Gasteiger partial charge in [0.2, 0.25) is 11.8 Å². The smallest absolute Gasteiger partial charge is 0.407 e. The summed E-state index contributed by atoms with van der Waals surface area (Å²) in [7, 11) is 1.63. The maximum absolute atomic E-state index is 14.3. The van der Waals surface area contributed by atoms with Crippen molar-refractivity contribution in [3.8, 4) is 5.75 Å². The van der Waals surface area contributed by atoms with Gasteiger partial charge in [-0.05, 0) is 100.0 Å². The van der Waals surface area contributed by atoms with E-state index in [0.717, 1.165) is 19.3 Å². The Bertz CT molecular complexity index is 1550. The van der Waals surface area contributed by atoms with E-state index in [1.807, 2.05) is 26.0 Å². The molecule has 2 aromatic rings. The molecule has 0 bridgehead atoms. The van der Waals surface area contributed by atoms with Gasteiger partial charge < -0.3 is 35.3 Å². The van der Waals surface area contributed by atoms with E-state index >= 15 is 0 Å². The summed E-state index contributed by atoms with van der Waals surface area (Å²) >= 11 is 0. The zero-order valence-corrected chi connectivity index (χ0v) is 32.4. The number of rotatable bonds is 19. The third-order valence-electron chi connectivity index (χ3n) is 9.51. The second-order valence-corrected chi connectivity index (χ2v) is 15.6. The Balaban J connectivity index is 1.78. The summed E-state index contributed by atoms with van der Waals surface area (Å²) in [4.78, 5) is 40.0. The first-order valence-corrected chi connectivity index (χ1v) is 18.5. The van der Waals surface area contributed by atoms with Crippen LogP contribution in [0, 0.1) is 41.1 Å². The van der Waals surface area contributed by atoms with E-state index in [4.69, 9.17) is 14.2 Å². The van der Waals surface area contributed by atoms with Gasteiger partial charge in [0.15, 0.2) is 11.6 Å². The molecule has 0 saturated carbocycles. The summed E-state index contributed by atoms with van der Waals surface area (Å²) in [6, 6.07) is 4.17. The van der Waals surface area contributed by atoms with Gasteiger partial charge in [-0.1, -0.05) is 27.7 Å². The van der Waals surface area contributed by atoms with E-state index in [2.05, 4.69) is 16.0 Å². The van der Waals surface area contributed by atoms with Crippen molar-refractivity contribution in [1.29, 1.82) is 0 Å². The third-order valence-corrected chi connectivity index (χ3v) is 9.51. The molecule has 0 heterocycles. The topological polar surface area (TPSA) is 135 Å². The van der Waals surface area contributed by atoms with Crippen LogP contribution in [0.1, 0.15) is 97.3 Å². The normalized spacial score (nSPS) is 15.1. The van der Waals surface area contributed by atoms with Gasteiger partial charge in [0.25, 0.3) is 0 Å². The number of aliphatic hydroxyl groups excluding tert-OH is 1. The standard InChI is InChI=1S/C40H58F3N3O7/c1-23(2)27(19-37(48)45-34-16-25-11-9-12-26(25)18-36(34)52-14-10-13-51-8)17-33(46-39(50)53-40(5,6)7)35(47)20-29(24(3)4)38(49)44-22-28-15-31(42)32(43)21-30(28)41/h15-16,18,21,23-24,27,29,33,35,47H,9-14,17,19-20,22H2,1-8H3,(H,44,49)(H,45,48)(H,46,50)/t27-,29+,33+,35+/m1/s1. The molecule has 53 heavy (non-hydrogen) atoms. The number of amides is 3. The first kappa shape index (κ1) is 43.6. The molecule has 13 heteroatoms. The van der Waals surface area contributed by atoms with Gasteiger partial charge in [-0.15, -0.1) is 0 Å². The lowest BCUT2D eigenvalue weighted by molar-refractivity contribution is -0.127. The summed E-state index contributed by atoms with van der Waals surface area (Å²) in [5, 5.41) is 20.0. The monoisotopic (exact) mass is 749 g/mol. The number of carbonyl (C=O) groups excluding carboxylic acids is 3. The first-order chi connectivity index (χ1) is 24.9. The van der Waals surface area contributed by atoms with E-state index in [1.54, 1.807) is 41.7 Å². The maximum Gasteiger partial charge on any atom is 0.407 e. The summed E-state index contributed by atoms with van der Waals surface area (Å²) in [6.07, 6.45) is 1.74. The maximum atomic E-state index is 14.3. The molecular formula is C40H58F3N3O7. The van der Waals surface area contributed by atoms with Crippen molar-refractivity contribution < 1.29 is 46.9 Å². The van der Waals surface area contributed by atoms with E-state index in [-0.39, 0.29) is 48.5 Å². The van der Waals surface area contributed by atoms with Crippen molar-refractivity contribution in [3.05, 3.63) is 58.4 Å². The van der Waals surface area contributed by atoms with Crippen LogP contribution in [-0.2, 0) is 38.4 Å². The number of hydrogen-bond acceptors (Lipinski definition) is 7. The van der Waals surface area contributed by atoms with E-state index in [0.29, 0.717) is 43.2 Å². The average Bonchev–Trinajstić information content (AvgIpc) is 3.51. The minimum Gasteiger partial charge on any atom is -0.491 e. The number of aliphatic hydroxyl groups is 1. The van der Waals surface area contributed by atoms with Gasteiger partial charge in [-0.3, -0.25) is 9.59 Å². The average molecular weight is 750 g/mol. The number of fused-ring (bicyclic) bond motifs is 1. The number of halogens is 3. The summed E-state index contributed by atoms with van der Waals surface area (Å²) < 4.78 is 58.1. The largest absolute Gasteiger partial charge is 0.491 e. The number of hydrogen-bond donors (Lipinski definition) is 4. The number of ether oxygens (including phenoxy) is 3. The first-order valence-electron chi connectivity index (χ1n) is 18.5. The Labute approximate surface area is 311 Å². The minimum absolute atomic E-state index is 0.0455. The van der Waals surface area contributed by atoms with Crippen LogP contribution in [0.3, 0.4) is 0 Å². The third kappa shape index (κ3) is 13.8. The van der Waals surface area contributed by atoms with Gasteiger partial charge in [0.05, 0.1) is 24.4 Å². The summed E-state index contributed by atoms with van der Waals surface area (Å²) in [5.74, 6) is -5.23. The molecule has 0 radical (unpaired) electrons. The van der Waals surface area contributed by atoms with Crippen LogP contribution in [0.15, 0.2) is 24.3 Å². The molecular weight excluding hydrogens is 691 g/mol. The molecule has 3 rings (SSSR count). The van der Waals surface area contributed by atoms with Crippen molar-refractivity contribution in [3.63, 3.8) is 0 Å². The Morgan fingerprint density at radius 3 is 2.17 bits per heavy atom. The number of nitrogens with one attached hydrogen (secondary N) is 3. The fourth-order valence-corrected chi connectivity index (χ4v) is 6.45. The van der Waals surface area contributed by atoms with Crippen LogP contribution in [-0.4, -0.2) is 61.1 Å². The van der Waals surface area contributed by atoms with Gasteiger partial charge in [-0.2, -0.15) is 0 Å². The lowest BCUT2D eigenvalue weighted by Gasteiger charge is -2.33. The van der Waals surface area contributed by atoms with E-state index < -0.39 is 59.7 Å². The molecule has 1 aliphatic carbocycles. The fourth-order valence-electron chi connectivity index (χ4n) is 6.45. The summed E-state index contributed by atoms with van der Waals surface area (Å²) in [6.45, 7) is 13.2. The zero-order chi connectivity index (χ0) is 39.5. The molecule has 296 valence electrons. The van der Waals surface area contributed by atoms with Gasteiger partial charge in [0.1, 0.15) is 17.2 Å². The van der Waals surface area contributed by atoms with Crippen molar-refractivity contribution in [2.75, 3.05) is 25.6 Å². The predicted molar refractivity (Wildman–Crippen MR) is 197 cm³/mol. The van der Waals surface area contributed by atoms with Gasteiger partial charge in [0, 0.05) is 50.7 Å². The van der Waals surface area contributed by atoms with Crippen LogP contribution < -0.4 is 20.7 Å². The van der Waals surface area contributed by atoms with Gasteiger partial charge >= 0.3 is 6.09 Å². The molecule has 2 aromatic carbocycles. The number of carbonyl (C=O) groups is 3. The lowest BCUT2D eigenvalue weighted by Crippen LogP contribution is -2.48. The van der Waals surface area contributed by atoms with Crippen molar-refractivity contribution in [2.45, 2.75) is 118 Å². The van der Waals surface area contributed by atoms with Gasteiger partial charge in [-0.25, -0.2) is 18.0 Å². The molecule has 0 spiro atoms. The Kier molecular flexibility index (Phi) is 16.4. The number of anilines is 1. The zero-order valence-electron chi connectivity index (χ0n) is 32.4. The van der Waals surface area contributed by atoms with Crippen molar-refractivity contribution >= 4 is 23.6 Å². The number of aryl methyl sites for hydroxylation is 2. The Morgan fingerprint density at radius 1 is 0.887 bits per heavy atom. The molecule has 3 amide bonds. The highest BCUT2D eigenvalue weighted by atomic mass is 19.2. The molecule has 1 aliphatic rings. The van der Waals surface area contributed by atoms with Crippen molar-refractivity contribution in [1.82, 2.24) is 10.6 Å². The minimum atomic E-state index is -1.34. The second-order valence-electron chi connectivity index (χ2n) is 15.6. The number of alkyl carbamates (subject to hydrolysis) is 1. The number of benzene rings is 2. The highest BCUT2D eigenvalue weighted by molar-refractivity contribution is 5.92. The molecule has 0 aliphatic heterocycles.